The summed E-state index contributed by atoms with van der Waals surface area (Å²) in [5, 5.41) is 1.17. The number of fused-ring (bicyclic) bond motifs is 2. The molecule has 0 N–H and O–H groups in total. The van der Waals surface area contributed by atoms with Crippen LogP contribution in [0.25, 0.3) is 0 Å². The van der Waals surface area contributed by atoms with Crippen molar-refractivity contribution in [2.45, 2.75) is 36.7 Å². The van der Waals surface area contributed by atoms with Crippen molar-refractivity contribution >= 4 is 10.8 Å². The van der Waals surface area contributed by atoms with E-state index in [9.17, 15) is 4.21 Å². The van der Waals surface area contributed by atoms with Crippen molar-refractivity contribution in [1.82, 2.24) is 0 Å². The first-order valence-corrected chi connectivity index (χ1v) is 4.96. The van der Waals surface area contributed by atoms with Crippen molar-refractivity contribution in [2.24, 2.45) is 5.92 Å². The summed E-state index contributed by atoms with van der Waals surface area (Å²) in [6, 6.07) is 0. The van der Waals surface area contributed by atoms with Crippen LogP contribution >= 0.6 is 0 Å². The highest BCUT2D eigenvalue weighted by Crippen LogP contribution is 2.41. The van der Waals surface area contributed by atoms with Gasteiger partial charge in [0, 0.05) is 21.3 Å². The zero-order valence-electron chi connectivity index (χ0n) is 5.67. The Bertz CT molecular complexity index is 155. The van der Waals surface area contributed by atoms with Crippen molar-refractivity contribution in [3.63, 3.8) is 0 Å². The summed E-state index contributed by atoms with van der Waals surface area (Å²) >= 11 is 0. The molecule has 4 atom stereocenters. The van der Waals surface area contributed by atoms with Gasteiger partial charge < -0.3 is 0 Å². The molecule has 2 saturated heterocycles. The maximum Gasteiger partial charge on any atom is 0.0377 e. The fourth-order valence-electron chi connectivity index (χ4n) is 2.12. The van der Waals surface area contributed by atoms with Crippen LogP contribution in [-0.4, -0.2) is 14.7 Å². The molecular formula is C7H12OS. The summed E-state index contributed by atoms with van der Waals surface area (Å²) < 4.78 is 11.3. The molecule has 2 aliphatic heterocycles. The van der Waals surface area contributed by atoms with Crippen LogP contribution in [0, 0.1) is 5.92 Å². The second-order valence-corrected chi connectivity index (χ2v) is 5.21. The number of hydrogen-bond donors (Lipinski definition) is 0. The van der Waals surface area contributed by atoms with Crippen LogP contribution in [0.3, 0.4) is 0 Å². The molecule has 0 amide bonds. The largest absolute Gasteiger partial charge is 0.259 e. The molecule has 1 nitrogen and oxygen atoms in total. The van der Waals surface area contributed by atoms with E-state index in [1.54, 1.807) is 0 Å². The van der Waals surface area contributed by atoms with Crippen LogP contribution < -0.4 is 0 Å². The normalized spacial score (nSPS) is 56.6. The molecule has 0 spiro atoms. The third kappa shape index (κ3) is 0.689. The molecule has 0 aliphatic carbocycles. The van der Waals surface area contributed by atoms with Crippen LogP contribution in [0.4, 0.5) is 0 Å². The fraction of sp³-hybridized carbons (Fsp3) is 1.00. The van der Waals surface area contributed by atoms with Crippen molar-refractivity contribution in [2.75, 3.05) is 0 Å². The van der Waals surface area contributed by atoms with Gasteiger partial charge in [-0.05, 0) is 25.2 Å². The highest BCUT2D eigenvalue weighted by Gasteiger charge is 2.43. The lowest BCUT2D eigenvalue weighted by Gasteiger charge is -2.12. The molecule has 2 aliphatic rings. The van der Waals surface area contributed by atoms with Crippen LogP contribution in [0.1, 0.15) is 26.2 Å². The summed E-state index contributed by atoms with van der Waals surface area (Å²) in [4.78, 5) is 0. The monoisotopic (exact) mass is 144 g/mol. The highest BCUT2D eigenvalue weighted by atomic mass is 32.2. The van der Waals surface area contributed by atoms with Crippen molar-refractivity contribution in [3.8, 4) is 0 Å². The molecule has 2 fully saturated rings. The molecule has 9 heavy (non-hydrogen) atoms. The first-order chi connectivity index (χ1) is 4.29. The van der Waals surface area contributed by atoms with E-state index in [2.05, 4.69) is 6.92 Å². The summed E-state index contributed by atoms with van der Waals surface area (Å²) in [7, 11) is -0.431. The van der Waals surface area contributed by atoms with Crippen molar-refractivity contribution in [1.29, 1.82) is 0 Å². The van der Waals surface area contributed by atoms with Crippen LogP contribution in [-0.2, 0) is 10.8 Å². The molecule has 0 aromatic rings. The quantitative estimate of drug-likeness (QED) is 0.501. The zero-order valence-corrected chi connectivity index (χ0v) is 6.49. The smallest absolute Gasteiger partial charge is 0.0377 e. The van der Waals surface area contributed by atoms with Gasteiger partial charge in [-0.2, -0.15) is 0 Å². The van der Waals surface area contributed by atoms with Crippen molar-refractivity contribution in [3.05, 3.63) is 0 Å². The molecular weight excluding hydrogens is 132 g/mol. The second-order valence-electron chi connectivity index (χ2n) is 3.28. The lowest BCUT2D eigenvalue weighted by molar-refractivity contribution is 0.445. The van der Waals surface area contributed by atoms with Crippen LogP contribution in [0.5, 0.6) is 0 Å². The van der Waals surface area contributed by atoms with E-state index in [-0.39, 0.29) is 0 Å². The molecule has 2 bridgehead atoms. The Labute approximate surface area is 58.3 Å². The second kappa shape index (κ2) is 1.82. The third-order valence-electron chi connectivity index (χ3n) is 2.67. The Morgan fingerprint density at radius 1 is 1.44 bits per heavy atom. The molecule has 0 aromatic carbocycles. The molecule has 2 rings (SSSR count). The zero-order chi connectivity index (χ0) is 6.43. The van der Waals surface area contributed by atoms with Gasteiger partial charge in [0.05, 0.1) is 0 Å². The molecule has 3 unspecified atom stereocenters. The molecule has 0 radical (unpaired) electrons. The first-order valence-electron chi connectivity index (χ1n) is 3.68. The van der Waals surface area contributed by atoms with E-state index in [0.29, 0.717) is 10.5 Å². The Morgan fingerprint density at radius 2 is 2.22 bits per heavy atom. The first kappa shape index (κ1) is 5.90. The molecule has 0 aromatic heterocycles. The average Bonchev–Trinajstić information content (AvgIpc) is 2.25. The minimum absolute atomic E-state index is 0.431. The lowest BCUT2D eigenvalue weighted by atomic mass is 9.91. The molecule has 0 saturated carbocycles. The maximum absolute atomic E-state index is 11.3. The fourth-order valence-corrected chi connectivity index (χ4v) is 4.42. The van der Waals surface area contributed by atoms with Gasteiger partial charge in [-0.1, -0.05) is 6.92 Å². The van der Waals surface area contributed by atoms with E-state index >= 15 is 0 Å². The predicted molar refractivity (Wildman–Crippen MR) is 38.7 cm³/mol. The lowest BCUT2D eigenvalue weighted by Crippen LogP contribution is -2.12. The highest BCUT2D eigenvalue weighted by molar-refractivity contribution is 7.86. The van der Waals surface area contributed by atoms with E-state index in [1.165, 1.54) is 19.3 Å². The van der Waals surface area contributed by atoms with Gasteiger partial charge >= 0.3 is 0 Å². The topological polar surface area (TPSA) is 17.1 Å². The summed E-state index contributed by atoms with van der Waals surface area (Å²) in [6.07, 6.45) is 3.71. The van der Waals surface area contributed by atoms with E-state index in [1.807, 2.05) is 0 Å². The summed E-state index contributed by atoms with van der Waals surface area (Å²) in [5.41, 5.74) is 0. The van der Waals surface area contributed by atoms with Gasteiger partial charge in [-0.3, -0.25) is 4.21 Å². The number of hydrogen-bond acceptors (Lipinski definition) is 1. The Hall–Kier alpha value is 0.150. The van der Waals surface area contributed by atoms with E-state index in [0.717, 1.165) is 5.92 Å². The SMILES string of the molecule is C[C@H]1CC2CCC1S2=O. The third-order valence-corrected chi connectivity index (χ3v) is 5.05. The van der Waals surface area contributed by atoms with Crippen LogP contribution in [0.2, 0.25) is 0 Å². The predicted octanol–water partition coefficient (Wildman–Crippen LogP) is 1.31. The minimum Gasteiger partial charge on any atom is -0.259 e. The average molecular weight is 144 g/mol. The Kier molecular flexibility index (Phi) is 1.19. The standard InChI is InChI=1S/C7H12OS/c1-5-4-6-2-3-7(5)9(6)8/h5-7H,2-4H2,1H3/t5-,6?,7?,9?/m0/s1. The maximum atomic E-state index is 11.3. The Balaban J connectivity index is 2.26. The number of rotatable bonds is 0. The summed E-state index contributed by atoms with van der Waals surface area (Å²) in [6.45, 7) is 2.24. The van der Waals surface area contributed by atoms with Crippen molar-refractivity contribution < 1.29 is 4.21 Å². The molecule has 2 heterocycles. The van der Waals surface area contributed by atoms with Gasteiger partial charge in [0.25, 0.3) is 0 Å². The summed E-state index contributed by atoms with van der Waals surface area (Å²) in [5.74, 6) is 0.754. The van der Waals surface area contributed by atoms with Gasteiger partial charge in [-0.15, -0.1) is 0 Å². The van der Waals surface area contributed by atoms with E-state index < -0.39 is 10.8 Å². The van der Waals surface area contributed by atoms with Crippen LogP contribution in [0.15, 0.2) is 0 Å². The van der Waals surface area contributed by atoms with Gasteiger partial charge in [-0.25, -0.2) is 0 Å². The van der Waals surface area contributed by atoms with E-state index in [4.69, 9.17) is 0 Å². The molecule has 2 heteroatoms. The Morgan fingerprint density at radius 3 is 2.44 bits per heavy atom. The van der Waals surface area contributed by atoms with Gasteiger partial charge in [0.15, 0.2) is 0 Å². The van der Waals surface area contributed by atoms with Gasteiger partial charge in [0.2, 0.25) is 0 Å². The minimum atomic E-state index is -0.431. The molecule has 52 valence electrons. The van der Waals surface area contributed by atoms with Gasteiger partial charge in [0.1, 0.15) is 0 Å².